The van der Waals surface area contributed by atoms with Crippen LogP contribution in [0.1, 0.15) is 35.2 Å². The largest absolute Gasteiger partial charge is 0.476 e. The number of nitrogens with zero attached hydrogens (tertiary/aromatic N) is 4. The summed E-state index contributed by atoms with van der Waals surface area (Å²) in [4.78, 5) is 29.2. The number of imidazole rings is 1. The fourth-order valence-corrected chi connectivity index (χ4v) is 3.24. The van der Waals surface area contributed by atoms with Crippen molar-refractivity contribution in [1.29, 1.82) is 0 Å². The lowest BCUT2D eigenvalue weighted by atomic mass is 10.2. The van der Waals surface area contributed by atoms with Crippen molar-refractivity contribution in [2.75, 3.05) is 11.4 Å². The molecule has 0 amide bonds. The molecule has 0 aliphatic carbocycles. The van der Waals surface area contributed by atoms with E-state index in [2.05, 4.69) is 24.8 Å². The Balaban J connectivity index is 1.67. The highest BCUT2D eigenvalue weighted by Gasteiger charge is 2.30. The van der Waals surface area contributed by atoms with E-state index in [-0.39, 0.29) is 11.7 Å². The quantitative estimate of drug-likeness (QED) is 0.759. The molecular weight excluding hydrogens is 330 g/mol. The van der Waals surface area contributed by atoms with Gasteiger partial charge >= 0.3 is 5.97 Å². The molecule has 1 atom stereocenters. The third-order valence-electron chi connectivity index (χ3n) is 4.18. The predicted octanol–water partition coefficient (Wildman–Crippen LogP) is 3.05. The molecule has 1 fully saturated rings. The number of carbonyl (C=O) groups is 1. The van der Waals surface area contributed by atoms with Crippen LogP contribution in [0, 0.1) is 0 Å². The predicted molar refractivity (Wildman–Crippen MR) is 89.4 cm³/mol. The van der Waals surface area contributed by atoms with Crippen molar-refractivity contribution in [2.45, 2.75) is 18.9 Å². The number of rotatable bonds is 3. The number of aromatic nitrogens is 4. The Hall–Kier alpha value is -2.67. The second kappa shape index (κ2) is 5.76. The number of carboxylic acid groups (broad SMARTS) is 1. The molecule has 8 heteroatoms. The number of hydrogen-bond acceptors (Lipinski definition) is 5. The van der Waals surface area contributed by atoms with Crippen LogP contribution in [0.5, 0.6) is 0 Å². The van der Waals surface area contributed by atoms with Gasteiger partial charge in [-0.25, -0.2) is 19.7 Å². The van der Waals surface area contributed by atoms with E-state index in [0.717, 1.165) is 36.2 Å². The summed E-state index contributed by atoms with van der Waals surface area (Å²) in [7, 11) is 0. The van der Waals surface area contributed by atoms with E-state index in [1.165, 1.54) is 12.4 Å². The van der Waals surface area contributed by atoms with Gasteiger partial charge in [-0.1, -0.05) is 11.6 Å². The fourth-order valence-electron chi connectivity index (χ4n) is 3.06. The Kier molecular flexibility index (Phi) is 3.57. The van der Waals surface area contributed by atoms with E-state index in [0.29, 0.717) is 10.8 Å². The van der Waals surface area contributed by atoms with E-state index in [9.17, 15) is 4.79 Å². The molecule has 0 saturated carbocycles. The molecule has 4 rings (SSSR count). The molecule has 3 heterocycles. The van der Waals surface area contributed by atoms with E-state index in [1.54, 1.807) is 0 Å². The van der Waals surface area contributed by atoms with Gasteiger partial charge in [0.05, 0.1) is 29.5 Å². The highest BCUT2D eigenvalue weighted by Crippen LogP contribution is 2.34. The molecular formula is C16H14ClN5O2. The molecule has 1 aliphatic rings. The van der Waals surface area contributed by atoms with Crippen LogP contribution in [0.25, 0.3) is 11.0 Å². The van der Waals surface area contributed by atoms with Crippen molar-refractivity contribution in [2.24, 2.45) is 0 Å². The van der Waals surface area contributed by atoms with Crippen molar-refractivity contribution in [3.63, 3.8) is 0 Å². The number of nitrogens with one attached hydrogen (secondary N) is 1. The van der Waals surface area contributed by atoms with Gasteiger partial charge in [0.1, 0.15) is 11.6 Å². The second-order valence-corrected chi connectivity index (χ2v) is 6.14. The van der Waals surface area contributed by atoms with Crippen LogP contribution in [0.4, 0.5) is 5.82 Å². The summed E-state index contributed by atoms with van der Waals surface area (Å²) in [6, 6.07) is 5.62. The molecule has 24 heavy (non-hydrogen) atoms. The lowest BCUT2D eigenvalue weighted by Gasteiger charge is -2.23. The van der Waals surface area contributed by atoms with Crippen molar-refractivity contribution in [1.82, 2.24) is 19.9 Å². The zero-order valence-corrected chi connectivity index (χ0v) is 13.4. The lowest BCUT2D eigenvalue weighted by Crippen LogP contribution is -2.24. The van der Waals surface area contributed by atoms with Gasteiger partial charge < -0.3 is 15.0 Å². The van der Waals surface area contributed by atoms with Crippen LogP contribution in [0.15, 0.2) is 30.6 Å². The Bertz CT molecular complexity index is 908. The zero-order valence-electron chi connectivity index (χ0n) is 12.6. The van der Waals surface area contributed by atoms with E-state index < -0.39 is 5.97 Å². The maximum atomic E-state index is 10.9. The Labute approximate surface area is 142 Å². The fraction of sp³-hybridized carbons (Fsp3) is 0.250. The summed E-state index contributed by atoms with van der Waals surface area (Å²) in [5, 5.41) is 9.60. The van der Waals surface area contributed by atoms with Crippen LogP contribution in [-0.2, 0) is 0 Å². The summed E-state index contributed by atoms with van der Waals surface area (Å²) in [5.41, 5.74) is 1.71. The van der Waals surface area contributed by atoms with Crippen LogP contribution in [0.2, 0.25) is 5.02 Å². The first-order valence-electron chi connectivity index (χ1n) is 7.59. The summed E-state index contributed by atoms with van der Waals surface area (Å²) >= 11 is 6.03. The molecule has 3 aromatic rings. The monoisotopic (exact) mass is 343 g/mol. The number of hydrogen-bond donors (Lipinski definition) is 2. The van der Waals surface area contributed by atoms with Crippen molar-refractivity contribution in [3.05, 3.63) is 47.1 Å². The Morgan fingerprint density at radius 2 is 2.21 bits per heavy atom. The molecule has 0 radical (unpaired) electrons. The summed E-state index contributed by atoms with van der Waals surface area (Å²) in [6.45, 7) is 0.823. The summed E-state index contributed by atoms with van der Waals surface area (Å²) in [5.74, 6) is 0.427. The van der Waals surface area contributed by atoms with Gasteiger partial charge in [-0.05, 0) is 31.0 Å². The van der Waals surface area contributed by atoms with Gasteiger partial charge in [-0.2, -0.15) is 0 Å². The molecule has 0 bridgehead atoms. The number of benzene rings is 1. The van der Waals surface area contributed by atoms with Crippen molar-refractivity contribution >= 4 is 34.4 Å². The summed E-state index contributed by atoms with van der Waals surface area (Å²) < 4.78 is 0. The van der Waals surface area contributed by atoms with Crippen LogP contribution in [-0.4, -0.2) is 37.6 Å². The number of aromatic carboxylic acids is 1. The standard InChI is InChI=1S/C16H14ClN5O2/c17-9-3-4-10-11(6-9)21-15(20-10)13-2-1-5-22(13)14-8-18-12(7-19-14)16(23)24/h3-4,6-8,13H,1-2,5H2,(H,20,21)(H,23,24). The number of aromatic amines is 1. The maximum Gasteiger partial charge on any atom is 0.356 e. The molecule has 1 aromatic carbocycles. The number of halogens is 1. The normalized spacial score (nSPS) is 17.5. The van der Waals surface area contributed by atoms with E-state index >= 15 is 0 Å². The minimum atomic E-state index is -1.08. The topological polar surface area (TPSA) is 95.0 Å². The van der Waals surface area contributed by atoms with Crippen LogP contribution in [0.3, 0.4) is 0 Å². The zero-order chi connectivity index (χ0) is 16.7. The SMILES string of the molecule is O=C(O)c1cnc(N2CCCC2c2nc3ccc(Cl)cc3[nH]2)cn1. The lowest BCUT2D eigenvalue weighted by molar-refractivity contribution is 0.0690. The van der Waals surface area contributed by atoms with Gasteiger partial charge in [0.25, 0.3) is 0 Å². The minimum absolute atomic E-state index is 0.0566. The molecule has 1 unspecified atom stereocenters. The first-order chi connectivity index (χ1) is 11.6. The highest BCUT2D eigenvalue weighted by atomic mass is 35.5. The molecule has 122 valence electrons. The van der Waals surface area contributed by atoms with E-state index in [4.69, 9.17) is 16.7 Å². The van der Waals surface area contributed by atoms with Crippen LogP contribution < -0.4 is 4.90 Å². The Morgan fingerprint density at radius 1 is 1.33 bits per heavy atom. The molecule has 7 nitrogen and oxygen atoms in total. The van der Waals surface area contributed by atoms with Crippen molar-refractivity contribution < 1.29 is 9.90 Å². The van der Waals surface area contributed by atoms with Gasteiger partial charge in [0.2, 0.25) is 0 Å². The number of H-pyrrole nitrogens is 1. The smallest absolute Gasteiger partial charge is 0.356 e. The average molecular weight is 344 g/mol. The van der Waals surface area contributed by atoms with Gasteiger partial charge in [0, 0.05) is 11.6 Å². The van der Waals surface area contributed by atoms with Gasteiger partial charge in [-0.3, -0.25) is 0 Å². The molecule has 2 aromatic heterocycles. The third kappa shape index (κ3) is 2.56. The van der Waals surface area contributed by atoms with Gasteiger partial charge in [0.15, 0.2) is 5.69 Å². The molecule has 2 N–H and O–H groups in total. The number of carboxylic acids is 1. The Morgan fingerprint density at radius 3 is 2.96 bits per heavy atom. The van der Waals surface area contributed by atoms with Gasteiger partial charge in [-0.15, -0.1) is 0 Å². The number of anilines is 1. The van der Waals surface area contributed by atoms with Crippen LogP contribution >= 0.6 is 11.6 Å². The molecule has 1 saturated heterocycles. The minimum Gasteiger partial charge on any atom is -0.476 e. The van der Waals surface area contributed by atoms with E-state index in [1.807, 2.05) is 18.2 Å². The molecule has 1 aliphatic heterocycles. The molecule has 0 spiro atoms. The maximum absolute atomic E-state index is 10.9. The first kappa shape index (κ1) is 14.9. The summed E-state index contributed by atoms with van der Waals surface area (Å²) in [6.07, 6.45) is 4.73. The third-order valence-corrected chi connectivity index (χ3v) is 4.42. The highest BCUT2D eigenvalue weighted by molar-refractivity contribution is 6.31. The van der Waals surface area contributed by atoms with Crippen molar-refractivity contribution in [3.8, 4) is 0 Å². The number of fused-ring (bicyclic) bond motifs is 1. The second-order valence-electron chi connectivity index (χ2n) is 5.70. The average Bonchev–Trinajstić information content (AvgIpc) is 3.20. The first-order valence-corrected chi connectivity index (χ1v) is 7.97.